The van der Waals surface area contributed by atoms with E-state index in [-0.39, 0.29) is 11.9 Å². The highest BCUT2D eigenvalue weighted by atomic mass is 16.5. The second kappa shape index (κ2) is 6.56. The van der Waals surface area contributed by atoms with Crippen LogP contribution in [0.25, 0.3) is 0 Å². The van der Waals surface area contributed by atoms with E-state index in [0.29, 0.717) is 18.3 Å². The van der Waals surface area contributed by atoms with Gasteiger partial charge in [-0.15, -0.1) is 0 Å². The molecule has 1 aromatic rings. The number of aromatic nitrogens is 2. The molecular weight excluding hydrogens is 272 g/mol. The Morgan fingerprint density at radius 2 is 2.33 bits per heavy atom. The van der Waals surface area contributed by atoms with Crippen molar-refractivity contribution in [2.75, 3.05) is 13.7 Å². The largest absolute Gasteiger partial charge is 0.465 e. The van der Waals surface area contributed by atoms with Crippen LogP contribution in [0.4, 0.5) is 0 Å². The zero-order valence-corrected chi connectivity index (χ0v) is 13.2. The standard InChI is InChI=1S/C15H24N2O4/c1-5-20-13(18)11(3)12-16-14(17-21-12)15(19-4)8-6-7-10(2)9-15/h10-11H,5-9H2,1-4H3. The Morgan fingerprint density at radius 1 is 1.57 bits per heavy atom. The average Bonchev–Trinajstić information content (AvgIpc) is 2.97. The molecule has 0 radical (unpaired) electrons. The lowest BCUT2D eigenvalue weighted by Crippen LogP contribution is -2.35. The van der Waals surface area contributed by atoms with Gasteiger partial charge in [0.25, 0.3) is 0 Å². The fourth-order valence-corrected chi connectivity index (χ4v) is 2.95. The number of rotatable bonds is 5. The van der Waals surface area contributed by atoms with E-state index in [9.17, 15) is 4.79 Å². The van der Waals surface area contributed by atoms with Gasteiger partial charge in [-0.05, 0) is 39.0 Å². The van der Waals surface area contributed by atoms with Gasteiger partial charge in [0.1, 0.15) is 11.5 Å². The topological polar surface area (TPSA) is 74.5 Å². The molecule has 0 N–H and O–H groups in total. The molecule has 0 aromatic carbocycles. The number of carbonyl (C=O) groups excluding carboxylic acids is 1. The third-order valence-electron chi connectivity index (χ3n) is 4.21. The normalized spacial score (nSPS) is 27.3. The average molecular weight is 296 g/mol. The third-order valence-corrected chi connectivity index (χ3v) is 4.21. The minimum absolute atomic E-state index is 0.290. The van der Waals surface area contributed by atoms with E-state index in [2.05, 4.69) is 17.1 Å². The summed E-state index contributed by atoms with van der Waals surface area (Å²) in [5.74, 6) is 0.487. The van der Waals surface area contributed by atoms with Gasteiger partial charge in [-0.1, -0.05) is 18.5 Å². The molecule has 3 unspecified atom stereocenters. The predicted molar refractivity (Wildman–Crippen MR) is 75.7 cm³/mol. The first-order chi connectivity index (χ1) is 10.0. The molecule has 118 valence electrons. The van der Waals surface area contributed by atoms with Crippen LogP contribution in [-0.4, -0.2) is 29.8 Å². The van der Waals surface area contributed by atoms with Crippen LogP contribution in [-0.2, 0) is 19.9 Å². The number of esters is 1. The second-order valence-corrected chi connectivity index (χ2v) is 5.83. The summed E-state index contributed by atoms with van der Waals surface area (Å²) in [6.07, 6.45) is 4.01. The van der Waals surface area contributed by atoms with Gasteiger partial charge < -0.3 is 14.0 Å². The molecule has 0 spiro atoms. The van der Waals surface area contributed by atoms with Gasteiger partial charge in [-0.25, -0.2) is 0 Å². The van der Waals surface area contributed by atoms with E-state index in [1.54, 1.807) is 21.0 Å². The zero-order valence-electron chi connectivity index (χ0n) is 13.2. The molecule has 6 heteroatoms. The lowest BCUT2D eigenvalue weighted by atomic mass is 9.78. The quantitative estimate of drug-likeness (QED) is 0.778. The van der Waals surface area contributed by atoms with Crippen molar-refractivity contribution < 1.29 is 18.8 Å². The number of hydrogen-bond donors (Lipinski definition) is 0. The van der Waals surface area contributed by atoms with Crippen LogP contribution in [0.5, 0.6) is 0 Å². The van der Waals surface area contributed by atoms with E-state index >= 15 is 0 Å². The fourth-order valence-electron chi connectivity index (χ4n) is 2.95. The first-order valence-corrected chi connectivity index (χ1v) is 7.58. The minimum Gasteiger partial charge on any atom is -0.465 e. The number of hydrogen-bond acceptors (Lipinski definition) is 6. The van der Waals surface area contributed by atoms with E-state index in [1.807, 2.05) is 0 Å². The van der Waals surface area contributed by atoms with Crippen molar-refractivity contribution >= 4 is 5.97 Å². The summed E-state index contributed by atoms with van der Waals surface area (Å²) in [4.78, 5) is 16.2. The molecule has 0 bridgehead atoms. The van der Waals surface area contributed by atoms with Gasteiger partial charge in [0.2, 0.25) is 11.7 Å². The molecule has 0 saturated heterocycles. The smallest absolute Gasteiger partial charge is 0.318 e. The number of methoxy groups -OCH3 is 1. The van der Waals surface area contributed by atoms with Gasteiger partial charge in [-0.2, -0.15) is 4.98 Å². The first kappa shape index (κ1) is 15.9. The summed E-state index contributed by atoms with van der Waals surface area (Å²) >= 11 is 0. The molecule has 1 aliphatic carbocycles. The summed E-state index contributed by atoms with van der Waals surface area (Å²) in [5, 5.41) is 4.06. The summed E-state index contributed by atoms with van der Waals surface area (Å²) in [6.45, 7) is 6.02. The van der Waals surface area contributed by atoms with Crippen LogP contribution in [0.3, 0.4) is 0 Å². The molecule has 21 heavy (non-hydrogen) atoms. The molecule has 1 aliphatic rings. The van der Waals surface area contributed by atoms with E-state index in [0.717, 1.165) is 19.3 Å². The Kier molecular flexibility index (Phi) is 4.98. The van der Waals surface area contributed by atoms with Crippen molar-refractivity contribution in [3.8, 4) is 0 Å². The molecule has 1 saturated carbocycles. The molecule has 2 rings (SSSR count). The summed E-state index contributed by atoms with van der Waals surface area (Å²) in [6, 6.07) is 0. The Balaban J connectivity index is 2.19. The van der Waals surface area contributed by atoms with Crippen molar-refractivity contribution in [3.63, 3.8) is 0 Å². The maximum absolute atomic E-state index is 11.7. The molecule has 6 nitrogen and oxygen atoms in total. The van der Waals surface area contributed by atoms with Crippen LogP contribution < -0.4 is 0 Å². The van der Waals surface area contributed by atoms with Crippen LogP contribution in [0.15, 0.2) is 4.52 Å². The third kappa shape index (κ3) is 3.26. The van der Waals surface area contributed by atoms with E-state index < -0.39 is 11.5 Å². The monoisotopic (exact) mass is 296 g/mol. The highest BCUT2D eigenvalue weighted by Crippen LogP contribution is 2.41. The van der Waals surface area contributed by atoms with Crippen molar-refractivity contribution in [2.45, 2.75) is 58.0 Å². The number of nitrogens with zero attached hydrogens (tertiary/aromatic N) is 2. The first-order valence-electron chi connectivity index (χ1n) is 7.58. The van der Waals surface area contributed by atoms with E-state index in [4.69, 9.17) is 14.0 Å². The van der Waals surface area contributed by atoms with Gasteiger partial charge in [0, 0.05) is 7.11 Å². The van der Waals surface area contributed by atoms with Crippen molar-refractivity contribution in [2.24, 2.45) is 5.92 Å². The van der Waals surface area contributed by atoms with Crippen LogP contribution in [0.2, 0.25) is 0 Å². The van der Waals surface area contributed by atoms with Crippen molar-refractivity contribution in [3.05, 3.63) is 11.7 Å². The lowest BCUT2D eigenvalue weighted by Gasteiger charge is -2.36. The minimum atomic E-state index is -0.555. The van der Waals surface area contributed by atoms with Crippen molar-refractivity contribution in [1.82, 2.24) is 10.1 Å². The van der Waals surface area contributed by atoms with E-state index in [1.165, 1.54) is 6.42 Å². The van der Waals surface area contributed by atoms with Gasteiger partial charge in [0.15, 0.2) is 0 Å². The zero-order chi connectivity index (χ0) is 15.5. The molecular formula is C15H24N2O4. The SMILES string of the molecule is CCOC(=O)C(C)c1nc(C2(OC)CCCC(C)C2)no1. The van der Waals surface area contributed by atoms with Crippen molar-refractivity contribution in [1.29, 1.82) is 0 Å². The second-order valence-electron chi connectivity index (χ2n) is 5.83. The molecule has 1 fully saturated rings. The highest BCUT2D eigenvalue weighted by molar-refractivity contribution is 5.76. The Morgan fingerprint density at radius 3 is 2.95 bits per heavy atom. The fraction of sp³-hybridized carbons (Fsp3) is 0.800. The predicted octanol–water partition coefficient (Wildman–Crippen LogP) is 2.79. The summed E-state index contributed by atoms with van der Waals surface area (Å²) < 4.78 is 16.0. The molecule has 1 aromatic heterocycles. The molecule has 0 aliphatic heterocycles. The van der Waals surface area contributed by atoms with Crippen LogP contribution in [0.1, 0.15) is 64.1 Å². The number of carbonyl (C=O) groups is 1. The van der Waals surface area contributed by atoms with Gasteiger partial charge in [-0.3, -0.25) is 4.79 Å². The Hall–Kier alpha value is -1.43. The van der Waals surface area contributed by atoms with Crippen LogP contribution >= 0.6 is 0 Å². The molecule has 3 atom stereocenters. The summed E-state index contributed by atoms with van der Waals surface area (Å²) in [5.41, 5.74) is -0.492. The Labute approximate surface area is 125 Å². The summed E-state index contributed by atoms with van der Waals surface area (Å²) in [7, 11) is 1.68. The highest BCUT2D eigenvalue weighted by Gasteiger charge is 2.41. The lowest BCUT2D eigenvalue weighted by molar-refractivity contribution is -0.145. The van der Waals surface area contributed by atoms with Crippen LogP contribution in [0, 0.1) is 5.92 Å². The molecule has 1 heterocycles. The number of ether oxygens (including phenoxy) is 2. The molecule has 0 amide bonds. The Bertz CT molecular complexity index is 488. The van der Waals surface area contributed by atoms with Gasteiger partial charge in [0.05, 0.1) is 6.61 Å². The maximum Gasteiger partial charge on any atom is 0.318 e. The maximum atomic E-state index is 11.7. The van der Waals surface area contributed by atoms with Gasteiger partial charge >= 0.3 is 5.97 Å².